The minimum absolute atomic E-state index is 0.105. The van der Waals surface area contributed by atoms with E-state index in [-0.39, 0.29) is 11.1 Å². The van der Waals surface area contributed by atoms with Gasteiger partial charge in [-0.05, 0) is 39.8 Å². The van der Waals surface area contributed by atoms with E-state index in [1.165, 1.54) is 25.5 Å². The van der Waals surface area contributed by atoms with Crippen LogP contribution in [0.25, 0.3) is 0 Å². The van der Waals surface area contributed by atoms with Crippen LogP contribution in [0.1, 0.15) is 32.0 Å². The van der Waals surface area contributed by atoms with E-state index in [0.717, 1.165) is 19.6 Å². The first-order valence-electron chi connectivity index (χ1n) is 6.74. The van der Waals surface area contributed by atoms with Crippen LogP contribution in [0.15, 0.2) is 11.2 Å². The largest absolute Gasteiger partial charge is 0.332 e. The lowest BCUT2D eigenvalue weighted by atomic mass is 10.1. The number of H-pyrrole nitrogens is 1. The van der Waals surface area contributed by atoms with Crippen molar-refractivity contribution in [2.45, 2.75) is 44.2 Å². The summed E-state index contributed by atoms with van der Waals surface area (Å²) < 4.78 is 26.9. The molecule has 1 aliphatic heterocycles. The molecule has 1 saturated heterocycles. The topological polar surface area (TPSA) is 78.1 Å². The van der Waals surface area contributed by atoms with Crippen LogP contribution >= 0.6 is 0 Å². The van der Waals surface area contributed by atoms with E-state index in [9.17, 15) is 8.42 Å². The van der Waals surface area contributed by atoms with Crippen molar-refractivity contribution in [1.82, 2.24) is 19.6 Å². The van der Waals surface area contributed by atoms with Crippen molar-refractivity contribution >= 4 is 10.0 Å². The fourth-order valence-electron chi connectivity index (χ4n) is 2.43. The van der Waals surface area contributed by atoms with Crippen molar-refractivity contribution in [2.24, 2.45) is 0 Å². The summed E-state index contributed by atoms with van der Waals surface area (Å²) in [5.41, 5.74) is 0. The second kappa shape index (κ2) is 6.02. The van der Waals surface area contributed by atoms with Crippen molar-refractivity contribution in [3.63, 3.8) is 0 Å². The molecule has 1 aromatic rings. The summed E-state index contributed by atoms with van der Waals surface area (Å²) in [7, 11) is -3.48. The molecule has 1 atom stereocenters. The van der Waals surface area contributed by atoms with Crippen molar-refractivity contribution in [3.05, 3.63) is 12.0 Å². The average molecular weight is 286 g/mol. The minimum atomic E-state index is -3.48. The van der Waals surface area contributed by atoms with Crippen LogP contribution in [0.3, 0.4) is 0 Å². The molecule has 0 spiro atoms. The van der Waals surface area contributed by atoms with Gasteiger partial charge < -0.3 is 9.88 Å². The zero-order chi connectivity index (χ0) is 13.9. The Balaban J connectivity index is 1.92. The SMILES string of the molecule is Cc1ncc(S(=O)(=O)NC(C)CN2CCCCC2)[nH]1. The van der Waals surface area contributed by atoms with Gasteiger partial charge in [-0.3, -0.25) is 0 Å². The highest BCUT2D eigenvalue weighted by Crippen LogP contribution is 2.10. The van der Waals surface area contributed by atoms with Gasteiger partial charge in [0.15, 0.2) is 5.03 Å². The van der Waals surface area contributed by atoms with E-state index in [1.54, 1.807) is 6.92 Å². The van der Waals surface area contributed by atoms with E-state index in [0.29, 0.717) is 5.82 Å². The molecule has 1 aliphatic rings. The van der Waals surface area contributed by atoms with Crippen LogP contribution < -0.4 is 4.72 Å². The Bertz CT molecular complexity index is 506. The molecule has 2 N–H and O–H groups in total. The first-order chi connectivity index (χ1) is 8.97. The summed E-state index contributed by atoms with van der Waals surface area (Å²) in [6, 6.07) is -0.105. The highest BCUT2D eigenvalue weighted by atomic mass is 32.2. The molecular weight excluding hydrogens is 264 g/mol. The molecular formula is C12H22N4O2S. The van der Waals surface area contributed by atoms with Gasteiger partial charge in [0.05, 0.1) is 6.20 Å². The molecule has 0 saturated carbocycles. The van der Waals surface area contributed by atoms with Crippen molar-refractivity contribution < 1.29 is 8.42 Å². The van der Waals surface area contributed by atoms with Crippen molar-refractivity contribution in [3.8, 4) is 0 Å². The van der Waals surface area contributed by atoms with E-state index in [4.69, 9.17) is 0 Å². The maximum Gasteiger partial charge on any atom is 0.257 e. The molecule has 0 aliphatic carbocycles. The third-order valence-corrected chi connectivity index (χ3v) is 4.81. The number of piperidine rings is 1. The van der Waals surface area contributed by atoms with Gasteiger partial charge in [-0.25, -0.2) is 18.1 Å². The van der Waals surface area contributed by atoms with E-state index in [1.807, 2.05) is 6.92 Å². The van der Waals surface area contributed by atoms with Gasteiger partial charge in [0.2, 0.25) is 0 Å². The number of aryl methyl sites for hydroxylation is 1. The summed E-state index contributed by atoms with van der Waals surface area (Å²) in [6.45, 7) is 6.52. The highest BCUT2D eigenvalue weighted by molar-refractivity contribution is 7.89. The molecule has 19 heavy (non-hydrogen) atoms. The second-order valence-electron chi connectivity index (χ2n) is 5.22. The number of sulfonamides is 1. The molecule has 0 bridgehead atoms. The fourth-order valence-corrected chi connectivity index (χ4v) is 3.63. The lowest BCUT2D eigenvalue weighted by molar-refractivity contribution is 0.215. The number of likely N-dealkylation sites (tertiary alicyclic amines) is 1. The second-order valence-corrected chi connectivity index (χ2v) is 6.90. The molecule has 2 heterocycles. The maximum absolute atomic E-state index is 12.1. The predicted molar refractivity (Wildman–Crippen MR) is 73.4 cm³/mol. The Labute approximate surface area is 114 Å². The standard InChI is InChI=1S/C12H22N4O2S/c1-10(9-16-6-4-3-5-7-16)15-19(17,18)12-8-13-11(2)14-12/h8,10,15H,3-7,9H2,1-2H3,(H,13,14). The third kappa shape index (κ3) is 4.02. The zero-order valence-corrected chi connectivity index (χ0v) is 12.3. The molecule has 7 heteroatoms. The molecule has 1 fully saturated rings. The normalized spacial score (nSPS) is 19.5. The van der Waals surface area contributed by atoms with Gasteiger partial charge in [-0.15, -0.1) is 0 Å². The number of hydrogen-bond acceptors (Lipinski definition) is 4. The van der Waals surface area contributed by atoms with Gasteiger partial charge in [0, 0.05) is 12.6 Å². The highest BCUT2D eigenvalue weighted by Gasteiger charge is 2.21. The number of imidazole rings is 1. The summed E-state index contributed by atoms with van der Waals surface area (Å²) in [5.74, 6) is 0.601. The van der Waals surface area contributed by atoms with Crippen molar-refractivity contribution in [1.29, 1.82) is 0 Å². The predicted octanol–water partition coefficient (Wildman–Crippen LogP) is 0.871. The number of aromatic nitrogens is 2. The van der Waals surface area contributed by atoms with Crippen LogP contribution in [0, 0.1) is 6.92 Å². The van der Waals surface area contributed by atoms with E-state index in [2.05, 4.69) is 19.6 Å². The minimum Gasteiger partial charge on any atom is -0.332 e. The number of nitrogens with zero attached hydrogens (tertiary/aromatic N) is 2. The van der Waals surface area contributed by atoms with Gasteiger partial charge in [-0.1, -0.05) is 6.42 Å². The Hall–Kier alpha value is -0.920. The maximum atomic E-state index is 12.1. The number of aromatic amines is 1. The molecule has 1 unspecified atom stereocenters. The first-order valence-corrected chi connectivity index (χ1v) is 8.22. The third-order valence-electron chi connectivity index (χ3n) is 3.31. The molecule has 108 valence electrons. The first kappa shape index (κ1) is 14.5. The van der Waals surface area contributed by atoms with Gasteiger partial charge in [0.1, 0.15) is 5.82 Å². The quantitative estimate of drug-likeness (QED) is 0.842. The number of rotatable bonds is 5. The monoisotopic (exact) mass is 286 g/mol. The molecule has 0 amide bonds. The molecule has 0 aromatic carbocycles. The summed E-state index contributed by atoms with van der Waals surface area (Å²) in [4.78, 5) is 8.99. The van der Waals surface area contributed by atoms with Crippen LogP contribution in [-0.4, -0.2) is 49.0 Å². The molecule has 0 radical (unpaired) electrons. The Kier molecular flexibility index (Phi) is 4.59. The van der Waals surface area contributed by atoms with Crippen molar-refractivity contribution in [2.75, 3.05) is 19.6 Å². The number of hydrogen-bond donors (Lipinski definition) is 2. The number of nitrogens with one attached hydrogen (secondary N) is 2. The lowest BCUT2D eigenvalue weighted by Gasteiger charge is -2.29. The summed E-state index contributed by atoms with van der Waals surface area (Å²) >= 11 is 0. The Morgan fingerprint density at radius 3 is 2.68 bits per heavy atom. The fraction of sp³-hybridized carbons (Fsp3) is 0.750. The van der Waals surface area contributed by atoms with Crippen LogP contribution in [0.2, 0.25) is 0 Å². The molecule has 6 nitrogen and oxygen atoms in total. The molecule has 1 aromatic heterocycles. The van der Waals surface area contributed by atoms with Gasteiger partial charge in [0.25, 0.3) is 10.0 Å². The Morgan fingerprint density at radius 1 is 1.42 bits per heavy atom. The van der Waals surface area contributed by atoms with Crippen LogP contribution in [0.5, 0.6) is 0 Å². The van der Waals surface area contributed by atoms with E-state index < -0.39 is 10.0 Å². The molecule has 2 rings (SSSR count). The smallest absolute Gasteiger partial charge is 0.257 e. The van der Waals surface area contributed by atoms with Crippen LogP contribution in [-0.2, 0) is 10.0 Å². The lowest BCUT2D eigenvalue weighted by Crippen LogP contribution is -2.43. The Morgan fingerprint density at radius 2 is 2.11 bits per heavy atom. The van der Waals surface area contributed by atoms with E-state index >= 15 is 0 Å². The zero-order valence-electron chi connectivity index (χ0n) is 11.5. The summed E-state index contributed by atoms with van der Waals surface area (Å²) in [5, 5.41) is 0.135. The van der Waals surface area contributed by atoms with Crippen LogP contribution in [0.4, 0.5) is 0 Å². The van der Waals surface area contributed by atoms with Gasteiger partial charge in [-0.2, -0.15) is 0 Å². The average Bonchev–Trinajstić information content (AvgIpc) is 2.77. The summed E-state index contributed by atoms with van der Waals surface area (Å²) in [6.07, 6.45) is 5.05. The van der Waals surface area contributed by atoms with Gasteiger partial charge >= 0.3 is 0 Å².